The number of benzene rings is 6. The minimum atomic E-state index is -1.35. The SMILES string of the molecule is Cn1c(-c2cccc(C(F)c3ccc4c(c3)N(c3ccccn3)c3cc5c6ccccc6n(-c6ccccc6)c5cc3C4(C)C)c2)nc2ccccc21. The van der Waals surface area contributed by atoms with Crippen LogP contribution < -0.4 is 4.90 Å². The van der Waals surface area contributed by atoms with Crippen molar-refractivity contribution in [2.24, 2.45) is 7.05 Å². The Hall–Kier alpha value is -6.53. The zero-order chi connectivity index (χ0) is 35.8. The predicted molar refractivity (Wildman–Crippen MR) is 214 cm³/mol. The summed E-state index contributed by atoms with van der Waals surface area (Å²) in [7, 11) is 2.01. The van der Waals surface area contributed by atoms with Crippen LogP contribution in [0.5, 0.6) is 0 Å². The van der Waals surface area contributed by atoms with Crippen molar-refractivity contribution in [2.75, 3.05) is 4.90 Å². The second-order valence-electron chi connectivity index (χ2n) is 14.5. The average Bonchev–Trinajstić information content (AvgIpc) is 3.72. The molecule has 0 saturated heterocycles. The van der Waals surface area contributed by atoms with Gasteiger partial charge in [0.25, 0.3) is 0 Å². The lowest BCUT2D eigenvalue weighted by molar-refractivity contribution is 0.402. The summed E-state index contributed by atoms with van der Waals surface area (Å²) in [5.74, 6) is 1.60. The Morgan fingerprint density at radius 1 is 0.604 bits per heavy atom. The Kier molecular flexibility index (Phi) is 6.92. The number of hydrogen-bond acceptors (Lipinski definition) is 3. The normalized spacial score (nSPS) is 14.1. The highest BCUT2D eigenvalue weighted by molar-refractivity contribution is 6.11. The van der Waals surface area contributed by atoms with E-state index in [0.29, 0.717) is 11.1 Å². The van der Waals surface area contributed by atoms with E-state index in [0.717, 1.165) is 67.3 Å². The fourth-order valence-electron chi connectivity index (χ4n) is 8.40. The van der Waals surface area contributed by atoms with Crippen LogP contribution in [0.1, 0.15) is 42.3 Å². The van der Waals surface area contributed by atoms with Gasteiger partial charge in [0.05, 0.1) is 33.4 Å². The molecule has 4 heterocycles. The van der Waals surface area contributed by atoms with Gasteiger partial charge >= 0.3 is 0 Å². The van der Waals surface area contributed by atoms with E-state index in [4.69, 9.17) is 9.97 Å². The molecule has 0 radical (unpaired) electrons. The van der Waals surface area contributed by atoms with Gasteiger partial charge in [-0.2, -0.15) is 0 Å². The lowest BCUT2D eigenvalue weighted by Crippen LogP contribution is -2.31. The average molecular weight is 690 g/mol. The Bertz CT molecular complexity index is 2850. The number of anilines is 3. The molecule has 256 valence electrons. The van der Waals surface area contributed by atoms with Crippen LogP contribution in [0, 0.1) is 0 Å². The third-order valence-corrected chi connectivity index (χ3v) is 11.1. The van der Waals surface area contributed by atoms with Gasteiger partial charge in [-0.25, -0.2) is 14.4 Å². The zero-order valence-corrected chi connectivity index (χ0v) is 29.7. The quantitative estimate of drug-likeness (QED) is 0.181. The van der Waals surface area contributed by atoms with Gasteiger partial charge < -0.3 is 9.13 Å². The molecule has 0 spiro atoms. The van der Waals surface area contributed by atoms with Crippen molar-refractivity contribution >= 4 is 50.0 Å². The molecule has 1 aliphatic heterocycles. The lowest BCUT2D eigenvalue weighted by atomic mass is 9.73. The maximum Gasteiger partial charge on any atom is 0.150 e. The van der Waals surface area contributed by atoms with Crippen LogP contribution in [0.15, 0.2) is 158 Å². The number of rotatable bonds is 5. The van der Waals surface area contributed by atoms with Crippen LogP contribution in [-0.4, -0.2) is 19.1 Å². The Morgan fingerprint density at radius 2 is 1.34 bits per heavy atom. The number of aromatic nitrogens is 4. The van der Waals surface area contributed by atoms with Crippen molar-refractivity contribution in [1.29, 1.82) is 0 Å². The first-order valence-electron chi connectivity index (χ1n) is 18.0. The highest BCUT2D eigenvalue weighted by atomic mass is 19.1. The number of fused-ring (bicyclic) bond motifs is 6. The molecular formula is C47H36FN5. The van der Waals surface area contributed by atoms with Crippen LogP contribution in [0.3, 0.4) is 0 Å². The molecule has 0 bridgehead atoms. The number of aryl methyl sites for hydroxylation is 1. The van der Waals surface area contributed by atoms with Gasteiger partial charge in [0.2, 0.25) is 0 Å². The third kappa shape index (κ3) is 4.75. The van der Waals surface area contributed by atoms with E-state index in [9.17, 15) is 0 Å². The van der Waals surface area contributed by atoms with E-state index < -0.39 is 11.6 Å². The number of para-hydroxylation sites is 4. The third-order valence-electron chi connectivity index (χ3n) is 11.1. The standard InChI is InChI=1S/C47H36FN5/c1-47(2)36-24-23-31(45(48)30-14-13-15-32(26-30)46-50-38-19-8-10-21-40(38)51(46)3)27-42(36)53(44-22-11-12-25-49-44)43-28-35-34-18-7-9-20-39(34)52(41(35)29-37(43)47)33-16-5-4-6-17-33/h4-29,45H,1-3H3. The van der Waals surface area contributed by atoms with Gasteiger partial charge in [0.1, 0.15) is 11.6 Å². The minimum Gasteiger partial charge on any atom is -0.327 e. The first kappa shape index (κ1) is 31.2. The molecule has 10 rings (SSSR count). The van der Waals surface area contributed by atoms with Crippen molar-refractivity contribution in [1.82, 2.24) is 19.1 Å². The number of nitrogens with zero attached hydrogens (tertiary/aromatic N) is 5. The van der Waals surface area contributed by atoms with Crippen molar-refractivity contribution in [3.8, 4) is 17.1 Å². The maximum absolute atomic E-state index is 16.9. The van der Waals surface area contributed by atoms with E-state index in [1.165, 1.54) is 10.9 Å². The molecule has 1 aliphatic rings. The van der Waals surface area contributed by atoms with Crippen molar-refractivity contribution < 1.29 is 4.39 Å². The summed E-state index contributed by atoms with van der Waals surface area (Å²) in [6.45, 7) is 4.55. The molecule has 6 aromatic carbocycles. The second-order valence-corrected chi connectivity index (χ2v) is 14.5. The molecule has 6 heteroatoms. The van der Waals surface area contributed by atoms with Crippen molar-refractivity contribution in [2.45, 2.75) is 25.4 Å². The first-order chi connectivity index (χ1) is 25.9. The number of hydrogen-bond donors (Lipinski definition) is 0. The molecule has 0 saturated carbocycles. The molecule has 0 N–H and O–H groups in total. The summed E-state index contributed by atoms with van der Waals surface area (Å²) in [5.41, 5.74) is 11.3. The number of alkyl halides is 1. The van der Waals surface area contributed by atoms with Crippen LogP contribution in [0.25, 0.3) is 49.9 Å². The summed E-state index contributed by atoms with van der Waals surface area (Å²) in [6.07, 6.45) is 0.471. The number of imidazole rings is 1. The lowest BCUT2D eigenvalue weighted by Gasteiger charge is -2.42. The molecule has 1 atom stereocenters. The van der Waals surface area contributed by atoms with Gasteiger partial charge in [0.15, 0.2) is 6.17 Å². The monoisotopic (exact) mass is 689 g/mol. The number of halogens is 1. The Labute approximate surface area is 307 Å². The van der Waals surface area contributed by atoms with Crippen molar-refractivity contribution in [3.05, 3.63) is 180 Å². The molecule has 0 aliphatic carbocycles. The van der Waals surface area contributed by atoms with Gasteiger partial charge in [-0.3, -0.25) is 4.90 Å². The van der Waals surface area contributed by atoms with E-state index in [-0.39, 0.29) is 0 Å². The zero-order valence-electron chi connectivity index (χ0n) is 29.7. The summed E-state index contributed by atoms with van der Waals surface area (Å²) >= 11 is 0. The Balaban J connectivity index is 1.15. The topological polar surface area (TPSA) is 38.9 Å². The van der Waals surface area contributed by atoms with Gasteiger partial charge in [-0.1, -0.05) is 98.8 Å². The Morgan fingerprint density at radius 3 is 2.15 bits per heavy atom. The fourth-order valence-corrected chi connectivity index (χ4v) is 8.40. The molecule has 0 fully saturated rings. The first-order valence-corrected chi connectivity index (χ1v) is 18.0. The van der Waals surface area contributed by atoms with Crippen LogP contribution in [-0.2, 0) is 12.5 Å². The van der Waals surface area contributed by atoms with Gasteiger partial charge in [-0.15, -0.1) is 0 Å². The molecule has 3 aromatic heterocycles. The summed E-state index contributed by atoms with van der Waals surface area (Å²) in [6, 6.07) is 51.7. The van der Waals surface area contributed by atoms with E-state index in [2.05, 4.69) is 107 Å². The van der Waals surface area contributed by atoms with Crippen LogP contribution in [0.2, 0.25) is 0 Å². The molecule has 0 amide bonds. The largest absolute Gasteiger partial charge is 0.327 e. The molecular weight excluding hydrogens is 654 g/mol. The van der Waals surface area contributed by atoms with Crippen LogP contribution in [0.4, 0.5) is 21.6 Å². The minimum absolute atomic E-state index is 0.396. The summed E-state index contributed by atoms with van der Waals surface area (Å²) < 4.78 is 21.4. The predicted octanol–water partition coefficient (Wildman–Crippen LogP) is 11.9. The van der Waals surface area contributed by atoms with E-state index in [1.54, 1.807) is 0 Å². The highest BCUT2D eigenvalue weighted by Crippen LogP contribution is 2.54. The van der Waals surface area contributed by atoms with Crippen LogP contribution >= 0.6 is 0 Å². The maximum atomic E-state index is 16.9. The van der Waals surface area contributed by atoms with Gasteiger partial charge in [-0.05, 0) is 89.0 Å². The van der Waals surface area contributed by atoms with Crippen molar-refractivity contribution in [3.63, 3.8) is 0 Å². The fraction of sp³-hybridized carbons (Fsp3) is 0.106. The molecule has 5 nitrogen and oxygen atoms in total. The van der Waals surface area contributed by atoms with E-state index in [1.807, 2.05) is 86.0 Å². The summed E-state index contributed by atoms with van der Waals surface area (Å²) in [5, 5.41) is 2.33. The molecule has 53 heavy (non-hydrogen) atoms. The number of pyridine rings is 1. The highest BCUT2D eigenvalue weighted by Gasteiger charge is 2.39. The van der Waals surface area contributed by atoms with Gasteiger partial charge in [0, 0.05) is 40.7 Å². The molecule has 9 aromatic rings. The smallest absolute Gasteiger partial charge is 0.150 e. The second kappa shape index (κ2) is 11.8. The summed E-state index contributed by atoms with van der Waals surface area (Å²) in [4.78, 5) is 12.0. The molecule has 1 unspecified atom stereocenters. The van der Waals surface area contributed by atoms with E-state index >= 15 is 4.39 Å².